The van der Waals surface area contributed by atoms with Crippen molar-refractivity contribution in [1.82, 2.24) is 5.32 Å². The number of hydrogen-bond acceptors (Lipinski definition) is 3. The molecule has 1 amide bonds. The fourth-order valence-corrected chi connectivity index (χ4v) is 1.69. The molecule has 90 valence electrons. The van der Waals surface area contributed by atoms with Crippen LogP contribution in [0.2, 0.25) is 10.0 Å². The Morgan fingerprint density at radius 3 is 2.59 bits per heavy atom. The Kier molecular flexibility index (Phi) is 5.61. The number of nitrogens with zero attached hydrogens (tertiary/aromatic N) is 1. The van der Waals surface area contributed by atoms with Gasteiger partial charge in [-0.05, 0) is 12.1 Å². The molecule has 0 atom stereocenters. The molecule has 0 bridgehead atoms. The van der Waals surface area contributed by atoms with Crippen LogP contribution in [0, 0.1) is 11.3 Å². The molecule has 17 heavy (non-hydrogen) atoms. The minimum Gasteiger partial charge on any atom is -0.374 e. The Morgan fingerprint density at radius 1 is 1.35 bits per heavy atom. The third-order valence-electron chi connectivity index (χ3n) is 1.95. The fraction of sp³-hybridized carbons (Fsp3) is 0.273. The number of hydrogen-bond donors (Lipinski definition) is 2. The van der Waals surface area contributed by atoms with Crippen molar-refractivity contribution in [3.05, 3.63) is 28.2 Å². The molecule has 0 aliphatic carbocycles. The number of benzene rings is 1. The van der Waals surface area contributed by atoms with Crippen LogP contribution >= 0.6 is 23.2 Å². The summed E-state index contributed by atoms with van der Waals surface area (Å²) in [5.74, 6) is -0.212. The lowest BCUT2D eigenvalue weighted by Crippen LogP contribution is -2.30. The van der Waals surface area contributed by atoms with Crippen molar-refractivity contribution >= 4 is 34.8 Å². The van der Waals surface area contributed by atoms with Crippen molar-refractivity contribution in [2.24, 2.45) is 0 Å². The number of nitrogens with one attached hydrogen (secondary N) is 2. The number of para-hydroxylation sites is 1. The summed E-state index contributed by atoms with van der Waals surface area (Å²) in [5.41, 5.74) is 0.534. The van der Waals surface area contributed by atoms with Crippen LogP contribution in [0.15, 0.2) is 18.2 Å². The quantitative estimate of drug-likeness (QED) is 0.809. The Bertz CT molecular complexity index is 423. The Morgan fingerprint density at radius 2 is 2.00 bits per heavy atom. The average molecular weight is 272 g/mol. The van der Waals surface area contributed by atoms with E-state index < -0.39 is 0 Å². The molecule has 0 fully saturated rings. The predicted octanol–water partition coefficient (Wildman–Crippen LogP) is 2.44. The van der Waals surface area contributed by atoms with Crippen molar-refractivity contribution in [3.8, 4) is 6.07 Å². The third kappa shape index (κ3) is 4.51. The number of halogens is 2. The number of rotatable bonds is 5. The second kappa shape index (κ2) is 7.00. The van der Waals surface area contributed by atoms with E-state index in [-0.39, 0.29) is 12.5 Å². The number of carbonyl (C=O) groups excluding carboxylic acids is 1. The number of anilines is 1. The molecule has 0 unspecified atom stereocenters. The summed E-state index contributed by atoms with van der Waals surface area (Å²) in [6.45, 7) is 0.405. The van der Waals surface area contributed by atoms with Crippen molar-refractivity contribution in [3.63, 3.8) is 0 Å². The van der Waals surface area contributed by atoms with Gasteiger partial charge in [-0.25, -0.2) is 0 Å². The zero-order chi connectivity index (χ0) is 12.7. The molecule has 1 aromatic rings. The standard InChI is InChI=1S/C11H11Cl2N3O/c12-8-3-1-4-9(13)11(8)16-7-10(17)15-6-2-5-14/h1,3-4,16H,2,6-7H2,(H,15,17). The molecule has 0 aromatic heterocycles. The van der Waals surface area contributed by atoms with E-state index in [1.807, 2.05) is 6.07 Å². The van der Waals surface area contributed by atoms with Gasteiger partial charge in [-0.1, -0.05) is 29.3 Å². The maximum absolute atomic E-state index is 11.3. The summed E-state index contributed by atoms with van der Waals surface area (Å²) in [6.07, 6.45) is 0.290. The third-order valence-corrected chi connectivity index (χ3v) is 2.58. The highest BCUT2D eigenvalue weighted by Crippen LogP contribution is 2.29. The highest BCUT2D eigenvalue weighted by Gasteiger charge is 2.06. The molecule has 0 aliphatic heterocycles. The van der Waals surface area contributed by atoms with Crippen LogP contribution in [0.25, 0.3) is 0 Å². The highest BCUT2D eigenvalue weighted by molar-refractivity contribution is 6.39. The second-order valence-corrected chi connectivity index (χ2v) is 4.02. The summed E-state index contributed by atoms with van der Waals surface area (Å²) in [6, 6.07) is 7.03. The molecule has 4 nitrogen and oxygen atoms in total. The van der Waals surface area contributed by atoms with Gasteiger partial charge >= 0.3 is 0 Å². The van der Waals surface area contributed by atoms with Gasteiger partial charge in [0.1, 0.15) is 0 Å². The summed E-state index contributed by atoms with van der Waals surface area (Å²) < 4.78 is 0. The molecule has 0 aliphatic rings. The lowest BCUT2D eigenvalue weighted by atomic mass is 10.3. The number of nitriles is 1. The molecule has 0 radical (unpaired) electrons. The number of carbonyl (C=O) groups is 1. The molecule has 1 rings (SSSR count). The molecule has 6 heteroatoms. The maximum Gasteiger partial charge on any atom is 0.239 e. The molecular formula is C11H11Cl2N3O. The summed E-state index contributed by atoms with van der Waals surface area (Å²) in [7, 11) is 0. The minimum atomic E-state index is -0.212. The van der Waals surface area contributed by atoms with Gasteiger partial charge in [-0.3, -0.25) is 4.79 Å². The topological polar surface area (TPSA) is 64.9 Å². The largest absolute Gasteiger partial charge is 0.374 e. The maximum atomic E-state index is 11.3. The number of amides is 1. The lowest BCUT2D eigenvalue weighted by Gasteiger charge is -2.09. The Labute approximate surface area is 110 Å². The minimum absolute atomic E-state index is 0.0644. The van der Waals surface area contributed by atoms with Gasteiger partial charge in [0.05, 0.1) is 34.8 Å². The van der Waals surface area contributed by atoms with Gasteiger partial charge in [-0.2, -0.15) is 5.26 Å². The van der Waals surface area contributed by atoms with Crippen molar-refractivity contribution < 1.29 is 4.79 Å². The van der Waals surface area contributed by atoms with E-state index in [1.54, 1.807) is 18.2 Å². The van der Waals surface area contributed by atoms with E-state index >= 15 is 0 Å². The second-order valence-electron chi connectivity index (χ2n) is 3.21. The first-order valence-corrected chi connectivity index (χ1v) is 5.72. The smallest absolute Gasteiger partial charge is 0.239 e. The first-order valence-electron chi connectivity index (χ1n) is 4.96. The normalized spacial score (nSPS) is 9.47. The Hall–Kier alpha value is -1.44. The van der Waals surface area contributed by atoms with Crippen LogP contribution < -0.4 is 10.6 Å². The first-order chi connectivity index (χ1) is 8.15. The van der Waals surface area contributed by atoms with E-state index in [0.717, 1.165) is 0 Å². The Balaban J connectivity index is 2.45. The van der Waals surface area contributed by atoms with Crippen LogP contribution in [0.1, 0.15) is 6.42 Å². The van der Waals surface area contributed by atoms with Gasteiger partial charge < -0.3 is 10.6 Å². The van der Waals surface area contributed by atoms with Gasteiger partial charge in [-0.15, -0.1) is 0 Å². The zero-order valence-corrected chi connectivity index (χ0v) is 10.5. The van der Waals surface area contributed by atoms with E-state index in [9.17, 15) is 4.79 Å². The average Bonchev–Trinajstić information content (AvgIpc) is 2.29. The van der Waals surface area contributed by atoms with Crippen LogP contribution in [0.4, 0.5) is 5.69 Å². The molecule has 0 saturated carbocycles. The summed E-state index contributed by atoms with van der Waals surface area (Å²) >= 11 is 11.8. The van der Waals surface area contributed by atoms with E-state index in [1.165, 1.54) is 0 Å². The fourth-order valence-electron chi connectivity index (χ4n) is 1.16. The van der Waals surface area contributed by atoms with Gasteiger partial charge in [0.25, 0.3) is 0 Å². The van der Waals surface area contributed by atoms with Crippen LogP contribution in [0.3, 0.4) is 0 Å². The van der Waals surface area contributed by atoms with E-state index in [2.05, 4.69) is 10.6 Å². The van der Waals surface area contributed by atoms with E-state index in [0.29, 0.717) is 28.7 Å². The predicted molar refractivity (Wildman–Crippen MR) is 68.2 cm³/mol. The summed E-state index contributed by atoms with van der Waals surface area (Å²) in [5, 5.41) is 14.7. The van der Waals surface area contributed by atoms with Crippen molar-refractivity contribution in [2.45, 2.75) is 6.42 Å². The van der Waals surface area contributed by atoms with Crippen LogP contribution in [-0.4, -0.2) is 19.0 Å². The van der Waals surface area contributed by atoms with Gasteiger partial charge in [0, 0.05) is 6.54 Å². The van der Waals surface area contributed by atoms with Gasteiger partial charge in [0.15, 0.2) is 0 Å². The van der Waals surface area contributed by atoms with Crippen LogP contribution in [-0.2, 0) is 4.79 Å². The molecule has 0 heterocycles. The molecule has 2 N–H and O–H groups in total. The molecule has 0 saturated heterocycles. The first kappa shape index (κ1) is 13.6. The van der Waals surface area contributed by atoms with Crippen LogP contribution in [0.5, 0.6) is 0 Å². The molecule has 1 aromatic carbocycles. The molecule has 0 spiro atoms. The monoisotopic (exact) mass is 271 g/mol. The van der Waals surface area contributed by atoms with Crippen molar-refractivity contribution in [1.29, 1.82) is 5.26 Å². The highest BCUT2D eigenvalue weighted by atomic mass is 35.5. The van der Waals surface area contributed by atoms with E-state index in [4.69, 9.17) is 28.5 Å². The SMILES string of the molecule is N#CCCNC(=O)CNc1c(Cl)cccc1Cl. The van der Waals surface area contributed by atoms with Crippen molar-refractivity contribution in [2.75, 3.05) is 18.4 Å². The summed E-state index contributed by atoms with van der Waals surface area (Å²) in [4.78, 5) is 11.3. The molecular weight excluding hydrogens is 261 g/mol. The zero-order valence-electron chi connectivity index (χ0n) is 8.96. The van der Waals surface area contributed by atoms with Gasteiger partial charge in [0.2, 0.25) is 5.91 Å². The lowest BCUT2D eigenvalue weighted by molar-refractivity contribution is -0.119.